The Morgan fingerprint density at radius 1 is 1.08 bits per heavy atom. The number of anilines is 1. The quantitative estimate of drug-likeness (QED) is 0.793. The lowest BCUT2D eigenvalue weighted by molar-refractivity contribution is 0.102. The maximum Gasteiger partial charge on any atom is 0.256 e. The van der Waals surface area contributed by atoms with E-state index in [9.17, 15) is 4.79 Å². The van der Waals surface area contributed by atoms with Crippen molar-refractivity contribution in [1.29, 1.82) is 0 Å². The molecule has 6 heteroatoms. The van der Waals surface area contributed by atoms with Gasteiger partial charge >= 0.3 is 0 Å². The number of methoxy groups -OCH3 is 1. The molecule has 2 aromatic carbocycles. The molecule has 6 nitrogen and oxygen atoms in total. The Morgan fingerprint density at radius 3 is 2.50 bits per heavy atom. The first kappa shape index (κ1) is 15.7. The monoisotopic (exact) mass is 323 g/mol. The van der Waals surface area contributed by atoms with E-state index in [4.69, 9.17) is 9.37 Å². The fourth-order valence-corrected chi connectivity index (χ4v) is 2.37. The summed E-state index contributed by atoms with van der Waals surface area (Å²) in [6.45, 7) is 3.90. The van der Waals surface area contributed by atoms with Gasteiger partial charge in [-0.1, -0.05) is 17.7 Å². The van der Waals surface area contributed by atoms with Gasteiger partial charge in [-0.2, -0.15) is 0 Å². The molecule has 0 unspecified atom stereocenters. The van der Waals surface area contributed by atoms with Crippen molar-refractivity contribution in [2.45, 2.75) is 13.8 Å². The summed E-state index contributed by atoms with van der Waals surface area (Å²) in [5, 5.41) is 10.4. The van der Waals surface area contributed by atoms with E-state index in [2.05, 4.69) is 15.6 Å². The molecule has 0 spiro atoms. The summed E-state index contributed by atoms with van der Waals surface area (Å²) >= 11 is 0. The van der Waals surface area contributed by atoms with Gasteiger partial charge in [-0.05, 0) is 60.1 Å². The van der Waals surface area contributed by atoms with Gasteiger partial charge in [-0.15, -0.1) is 0 Å². The van der Waals surface area contributed by atoms with E-state index >= 15 is 0 Å². The lowest BCUT2D eigenvalue weighted by Gasteiger charge is -2.07. The zero-order valence-corrected chi connectivity index (χ0v) is 13.7. The van der Waals surface area contributed by atoms with E-state index < -0.39 is 0 Å². The number of carbonyl (C=O) groups is 1. The molecule has 122 valence electrons. The summed E-state index contributed by atoms with van der Waals surface area (Å²) in [6.07, 6.45) is 0. The fourth-order valence-electron chi connectivity index (χ4n) is 2.37. The smallest absolute Gasteiger partial charge is 0.256 e. The van der Waals surface area contributed by atoms with E-state index in [1.807, 2.05) is 44.2 Å². The Labute approximate surface area is 139 Å². The largest absolute Gasteiger partial charge is 0.496 e. The number of hydrogen-bond acceptors (Lipinski definition) is 5. The van der Waals surface area contributed by atoms with Crippen LogP contribution in [0, 0.1) is 13.8 Å². The third kappa shape index (κ3) is 3.12. The van der Waals surface area contributed by atoms with Crippen LogP contribution >= 0.6 is 0 Å². The molecular weight excluding hydrogens is 306 g/mol. The van der Waals surface area contributed by atoms with Crippen LogP contribution in [0.4, 0.5) is 5.82 Å². The topological polar surface area (TPSA) is 77.2 Å². The highest BCUT2D eigenvalue weighted by molar-refractivity contribution is 6.05. The molecule has 24 heavy (non-hydrogen) atoms. The van der Waals surface area contributed by atoms with Crippen molar-refractivity contribution < 1.29 is 14.2 Å². The maximum absolute atomic E-state index is 12.3. The molecular formula is C18H17N3O3. The average molecular weight is 323 g/mol. The van der Waals surface area contributed by atoms with Crippen molar-refractivity contribution in [3.8, 4) is 17.0 Å². The molecule has 1 amide bonds. The average Bonchev–Trinajstić information content (AvgIpc) is 3.03. The van der Waals surface area contributed by atoms with E-state index in [1.54, 1.807) is 19.2 Å². The second kappa shape index (κ2) is 6.54. The number of aromatic nitrogens is 2. The van der Waals surface area contributed by atoms with Crippen LogP contribution in [0.3, 0.4) is 0 Å². The molecule has 0 aliphatic rings. The Hall–Kier alpha value is -3.15. The van der Waals surface area contributed by atoms with Crippen molar-refractivity contribution in [2.75, 3.05) is 12.4 Å². The highest BCUT2D eigenvalue weighted by Crippen LogP contribution is 2.29. The number of rotatable bonds is 4. The van der Waals surface area contributed by atoms with Crippen LogP contribution in [-0.2, 0) is 0 Å². The summed E-state index contributed by atoms with van der Waals surface area (Å²) < 4.78 is 10.1. The third-order valence-corrected chi connectivity index (χ3v) is 3.70. The molecule has 1 aromatic heterocycles. The standard InChI is InChI=1S/C18H17N3O3/c1-11-4-6-13(7-5-11)18(22)19-17-16(20-24-21-17)14-8-9-15(23-3)12(2)10-14/h4-10H,1-3H3,(H,19,21,22). The van der Waals surface area contributed by atoms with Gasteiger partial charge in [0.1, 0.15) is 5.75 Å². The van der Waals surface area contributed by atoms with Gasteiger partial charge in [-0.25, -0.2) is 4.63 Å². The lowest BCUT2D eigenvalue weighted by Crippen LogP contribution is -2.12. The number of aryl methyl sites for hydroxylation is 2. The van der Waals surface area contributed by atoms with Gasteiger partial charge in [0.15, 0.2) is 5.69 Å². The molecule has 1 N–H and O–H groups in total. The van der Waals surface area contributed by atoms with E-state index in [0.29, 0.717) is 11.3 Å². The Bertz CT molecular complexity index is 869. The van der Waals surface area contributed by atoms with Crippen molar-refractivity contribution in [1.82, 2.24) is 10.3 Å². The van der Waals surface area contributed by atoms with Gasteiger partial charge in [0.25, 0.3) is 5.91 Å². The van der Waals surface area contributed by atoms with Gasteiger partial charge in [-0.3, -0.25) is 4.79 Å². The zero-order chi connectivity index (χ0) is 17.1. The Morgan fingerprint density at radius 2 is 1.83 bits per heavy atom. The molecule has 0 saturated heterocycles. The van der Waals surface area contributed by atoms with Crippen molar-refractivity contribution >= 4 is 11.7 Å². The molecule has 0 atom stereocenters. The fraction of sp³-hybridized carbons (Fsp3) is 0.167. The van der Waals surface area contributed by atoms with Crippen LogP contribution in [0.15, 0.2) is 47.1 Å². The summed E-state index contributed by atoms with van der Waals surface area (Å²) in [4.78, 5) is 12.3. The molecule has 0 saturated carbocycles. The minimum Gasteiger partial charge on any atom is -0.496 e. The highest BCUT2D eigenvalue weighted by Gasteiger charge is 2.16. The first-order valence-electron chi connectivity index (χ1n) is 7.44. The number of nitrogens with one attached hydrogen (secondary N) is 1. The summed E-state index contributed by atoms with van der Waals surface area (Å²) in [5.74, 6) is 0.794. The van der Waals surface area contributed by atoms with Crippen LogP contribution < -0.4 is 10.1 Å². The minimum absolute atomic E-state index is 0.266. The summed E-state index contributed by atoms with van der Waals surface area (Å²) in [6, 6.07) is 12.9. The lowest BCUT2D eigenvalue weighted by atomic mass is 10.1. The van der Waals surface area contributed by atoms with Crippen LogP contribution in [0.1, 0.15) is 21.5 Å². The minimum atomic E-state index is -0.266. The number of benzene rings is 2. The zero-order valence-electron chi connectivity index (χ0n) is 13.7. The van der Waals surface area contributed by atoms with E-state index in [0.717, 1.165) is 22.4 Å². The first-order chi connectivity index (χ1) is 11.6. The van der Waals surface area contributed by atoms with Gasteiger partial charge in [0.05, 0.1) is 7.11 Å². The predicted octanol–water partition coefficient (Wildman–Crippen LogP) is 3.61. The number of nitrogens with zero attached hydrogens (tertiary/aromatic N) is 2. The van der Waals surface area contributed by atoms with Crippen LogP contribution in [0.25, 0.3) is 11.3 Å². The van der Waals surface area contributed by atoms with Gasteiger partial charge < -0.3 is 10.1 Å². The van der Waals surface area contributed by atoms with Crippen molar-refractivity contribution in [3.05, 3.63) is 59.2 Å². The molecule has 3 aromatic rings. The first-order valence-corrected chi connectivity index (χ1v) is 7.44. The SMILES string of the molecule is COc1ccc(-c2nonc2NC(=O)c2ccc(C)cc2)cc1C. The van der Waals surface area contributed by atoms with Crippen LogP contribution in [-0.4, -0.2) is 23.3 Å². The van der Waals surface area contributed by atoms with E-state index in [-0.39, 0.29) is 11.7 Å². The molecule has 0 bridgehead atoms. The normalized spacial score (nSPS) is 10.5. The number of carbonyl (C=O) groups excluding carboxylic acids is 1. The van der Waals surface area contributed by atoms with Crippen LogP contribution in [0.5, 0.6) is 5.75 Å². The predicted molar refractivity (Wildman–Crippen MR) is 90.2 cm³/mol. The molecule has 0 aliphatic carbocycles. The summed E-state index contributed by atoms with van der Waals surface area (Å²) in [7, 11) is 1.62. The number of amides is 1. The van der Waals surface area contributed by atoms with Crippen LogP contribution in [0.2, 0.25) is 0 Å². The second-order valence-corrected chi connectivity index (χ2v) is 5.47. The molecule has 3 rings (SSSR count). The molecule has 0 radical (unpaired) electrons. The second-order valence-electron chi connectivity index (χ2n) is 5.47. The van der Waals surface area contributed by atoms with Crippen molar-refractivity contribution in [2.24, 2.45) is 0 Å². The van der Waals surface area contributed by atoms with Gasteiger partial charge in [0.2, 0.25) is 5.82 Å². The Kier molecular flexibility index (Phi) is 4.29. The third-order valence-electron chi connectivity index (χ3n) is 3.70. The Balaban J connectivity index is 1.86. The number of ether oxygens (including phenoxy) is 1. The van der Waals surface area contributed by atoms with Crippen molar-refractivity contribution in [3.63, 3.8) is 0 Å². The maximum atomic E-state index is 12.3. The molecule has 0 aliphatic heterocycles. The number of hydrogen-bond donors (Lipinski definition) is 1. The highest BCUT2D eigenvalue weighted by atomic mass is 16.6. The summed E-state index contributed by atoms with van der Waals surface area (Å²) in [5.41, 5.74) is 3.84. The van der Waals surface area contributed by atoms with Gasteiger partial charge in [0, 0.05) is 11.1 Å². The molecule has 0 fully saturated rings. The molecule has 1 heterocycles. The van der Waals surface area contributed by atoms with E-state index in [1.165, 1.54) is 0 Å².